The summed E-state index contributed by atoms with van der Waals surface area (Å²) < 4.78 is 5.15. The number of likely N-dealkylation sites (N-methyl/N-ethyl adjacent to an activating group) is 1. The number of ketones is 1. The molecule has 3 unspecified atom stereocenters. The number of nitrogens with one attached hydrogen (secondary N) is 1. The molecular formula is C19H27N3O5S. The fourth-order valence-corrected chi connectivity index (χ4v) is 3.69. The number of Topliss-reactive ketones (excluding diaryl/α,β-unsaturated/α-hetero) is 1. The van der Waals surface area contributed by atoms with E-state index in [0.717, 1.165) is 0 Å². The number of rotatable bonds is 8. The molecule has 1 aliphatic heterocycles. The third kappa shape index (κ3) is 4.96. The first-order chi connectivity index (χ1) is 13.1. The molecule has 0 spiro atoms. The minimum absolute atomic E-state index is 0.146. The summed E-state index contributed by atoms with van der Waals surface area (Å²) in [6.45, 7) is 5.80. The van der Waals surface area contributed by atoms with Crippen LogP contribution in [0.4, 0.5) is 0 Å². The predicted molar refractivity (Wildman–Crippen MR) is 105 cm³/mol. The van der Waals surface area contributed by atoms with Crippen molar-refractivity contribution in [1.82, 2.24) is 10.2 Å². The van der Waals surface area contributed by atoms with Crippen LogP contribution in [0.1, 0.15) is 37.6 Å². The number of hydrogen-bond acceptors (Lipinski definition) is 6. The van der Waals surface area contributed by atoms with E-state index in [1.807, 2.05) is 20.8 Å². The van der Waals surface area contributed by atoms with Crippen LogP contribution in [0.15, 0.2) is 16.8 Å². The predicted octanol–water partition coefficient (Wildman–Crippen LogP) is 0.809. The number of nitrogens with zero attached hydrogens (tertiary/aromatic N) is 1. The number of carbonyl (C=O) groups excluding carboxylic acids is 4. The van der Waals surface area contributed by atoms with E-state index < -0.39 is 30.0 Å². The van der Waals surface area contributed by atoms with Gasteiger partial charge in [0.05, 0.1) is 5.56 Å². The van der Waals surface area contributed by atoms with Crippen molar-refractivity contribution in [2.24, 2.45) is 17.6 Å². The molecule has 0 aromatic carbocycles. The maximum Gasteiger partial charge on any atom is 0.252 e. The quantitative estimate of drug-likeness (QED) is 0.659. The van der Waals surface area contributed by atoms with Gasteiger partial charge in [-0.25, -0.2) is 0 Å². The lowest BCUT2D eigenvalue weighted by molar-refractivity contribution is -0.141. The van der Waals surface area contributed by atoms with Gasteiger partial charge < -0.3 is 20.7 Å². The summed E-state index contributed by atoms with van der Waals surface area (Å²) in [6.07, 6.45) is -0.781. The van der Waals surface area contributed by atoms with Gasteiger partial charge in [0.2, 0.25) is 11.8 Å². The maximum atomic E-state index is 13.2. The molecule has 2 heterocycles. The minimum atomic E-state index is -1.18. The van der Waals surface area contributed by atoms with Crippen LogP contribution < -0.4 is 11.1 Å². The Hall–Kier alpha value is -2.26. The molecular weight excluding hydrogens is 382 g/mol. The molecule has 0 bridgehead atoms. The van der Waals surface area contributed by atoms with E-state index in [-0.39, 0.29) is 24.2 Å². The van der Waals surface area contributed by atoms with Gasteiger partial charge in [0.25, 0.3) is 5.91 Å². The zero-order valence-electron chi connectivity index (χ0n) is 16.5. The standard InChI is InChI=1S/C19H27N3O5S/c1-10(2)11(3)7-13(21-18(25)12-5-6-28-9-12)19(26)22(4)15-14(23)8-27-16(15)17(20)24/h5-6,9-11,13,15-16H,7-8H2,1-4H3,(H2,20,24)(H,21,25)/t11?,13-,15?,16?/m0/s1. The Kier molecular flexibility index (Phi) is 7.31. The Morgan fingerprint density at radius 2 is 2.04 bits per heavy atom. The topological polar surface area (TPSA) is 119 Å². The summed E-state index contributed by atoms with van der Waals surface area (Å²) in [4.78, 5) is 50.6. The van der Waals surface area contributed by atoms with Gasteiger partial charge in [-0.15, -0.1) is 0 Å². The van der Waals surface area contributed by atoms with Gasteiger partial charge in [-0.3, -0.25) is 19.2 Å². The molecule has 2 rings (SSSR count). The van der Waals surface area contributed by atoms with Crippen molar-refractivity contribution >= 4 is 34.8 Å². The summed E-state index contributed by atoms with van der Waals surface area (Å²) in [5, 5.41) is 6.25. The van der Waals surface area contributed by atoms with E-state index in [1.165, 1.54) is 23.3 Å². The first kappa shape index (κ1) is 22.0. The first-order valence-electron chi connectivity index (χ1n) is 9.16. The van der Waals surface area contributed by atoms with Gasteiger partial charge in [0.1, 0.15) is 18.7 Å². The van der Waals surface area contributed by atoms with Crippen molar-refractivity contribution in [2.75, 3.05) is 13.7 Å². The lowest BCUT2D eigenvalue weighted by Crippen LogP contribution is -2.56. The second-order valence-electron chi connectivity index (χ2n) is 7.49. The van der Waals surface area contributed by atoms with Crippen molar-refractivity contribution in [1.29, 1.82) is 0 Å². The van der Waals surface area contributed by atoms with Gasteiger partial charge in [-0.2, -0.15) is 11.3 Å². The van der Waals surface area contributed by atoms with E-state index in [4.69, 9.17) is 10.5 Å². The van der Waals surface area contributed by atoms with Crippen LogP contribution >= 0.6 is 11.3 Å². The monoisotopic (exact) mass is 409 g/mol. The Morgan fingerprint density at radius 1 is 1.36 bits per heavy atom. The molecule has 4 atom stereocenters. The lowest BCUT2D eigenvalue weighted by atomic mass is 9.90. The van der Waals surface area contributed by atoms with Gasteiger partial charge >= 0.3 is 0 Å². The number of nitrogens with two attached hydrogens (primary N) is 1. The van der Waals surface area contributed by atoms with Crippen molar-refractivity contribution in [3.63, 3.8) is 0 Å². The highest BCUT2D eigenvalue weighted by Gasteiger charge is 2.45. The van der Waals surface area contributed by atoms with Crippen LogP contribution in [0, 0.1) is 11.8 Å². The minimum Gasteiger partial charge on any atom is -0.367 e. The Bertz CT molecular complexity index is 734. The number of ether oxygens (including phenoxy) is 1. The van der Waals surface area contributed by atoms with Gasteiger partial charge in [0.15, 0.2) is 11.9 Å². The van der Waals surface area contributed by atoms with Gasteiger partial charge in [0, 0.05) is 12.4 Å². The first-order valence-corrected chi connectivity index (χ1v) is 10.1. The molecule has 1 fully saturated rings. The number of carbonyl (C=O) groups is 4. The molecule has 0 radical (unpaired) electrons. The molecule has 1 saturated heterocycles. The molecule has 28 heavy (non-hydrogen) atoms. The Balaban J connectivity index is 2.22. The van der Waals surface area contributed by atoms with Crippen molar-refractivity contribution in [3.05, 3.63) is 22.4 Å². The number of thiophene rings is 1. The summed E-state index contributed by atoms with van der Waals surface area (Å²) in [5.74, 6) is -1.55. The highest BCUT2D eigenvalue weighted by Crippen LogP contribution is 2.21. The number of hydrogen-bond donors (Lipinski definition) is 2. The van der Waals surface area contributed by atoms with Crippen molar-refractivity contribution in [3.8, 4) is 0 Å². The van der Waals surface area contributed by atoms with Crippen molar-refractivity contribution < 1.29 is 23.9 Å². The second kappa shape index (κ2) is 9.29. The molecule has 3 amide bonds. The average molecular weight is 410 g/mol. The number of primary amides is 1. The normalized spacial score (nSPS) is 21.4. The van der Waals surface area contributed by atoms with Crippen LogP contribution in [0.25, 0.3) is 0 Å². The SMILES string of the molecule is CC(C)C(C)C[C@H](NC(=O)c1ccsc1)C(=O)N(C)C1C(=O)COC1C(N)=O. The molecule has 1 aromatic heterocycles. The van der Waals surface area contributed by atoms with Crippen LogP contribution in [0.5, 0.6) is 0 Å². The third-order valence-corrected chi connectivity index (χ3v) is 5.88. The molecule has 0 saturated carbocycles. The summed E-state index contributed by atoms with van der Waals surface area (Å²) in [7, 11) is 1.43. The summed E-state index contributed by atoms with van der Waals surface area (Å²) in [5.41, 5.74) is 5.78. The molecule has 0 aliphatic carbocycles. The van der Waals surface area contributed by atoms with E-state index in [2.05, 4.69) is 5.32 Å². The third-order valence-electron chi connectivity index (χ3n) is 5.20. The fraction of sp³-hybridized carbons (Fsp3) is 0.579. The zero-order chi connectivity index (χ0) is 21.0. The Morgan fingerprint density at radius 3 is 2.57 bits per heavy atom. The highest BCUT2D eigenvalue weighted by molar-refractivity contribution is 7.08. The molecule has 1 aliphatic rings. The van der Waals surface area contributed by atoms with E-state index in [0.29, 0.717) is 17.9 Å². The van der Waals surface area contributed by atoms with Crippen molar-refractivity contribution in [2.45, 2.75) is 45.4 Å². The average Bonchev–Trinajstić information content (AvgIpc) is 3.29. The molecule has 8 nitrogen and oxygen atoms in total. The van der Waals surface area contributed by atoms with Crippen LogP contribution in [0.3, 0.4) is 0 Å². The molecule has 1 aromatic rings. The molecule has 9 heteroatoms. The van der Waals surface area contributed by atoms with E-state index in [9.17, 15) is 19.2 Å². The smallest absolute Gasteiger partial charge is 0.252 e. The van der Waals surface area contributed by atoms with Crippen LogP contribution in [-0.2, 0) is 19.1 Å². The van der Waals surface area contributed by atoms with Crippen LogP contribution in [-0.4, -0.2) is 60.2 Å². The van der Waals surface area contributed by atoms with Gasteiger partial charge in [-0.05, 0) is 29.7 Å². The molecule has 154 valence electrons. The molecule has 3 N–H and O–H groups in total. The number of amides is 3. The fourth-order valence-electron chi connectivity index (χ4n) is 3.06. The van der Waals surface area contributed by atoms with Crippen LogP contribution in [0.2, 0.25) is 0 Å². The summed E-state index contributed by atoms with van der Waals surface area (Å²) >= 11 is 1.38. The van der Waals surface area contributed by atoms with Gasteiger partial charge in [-0.1, -0.05) is 20.8 Å². The highest BCUT2D eigenvalue weighted by atomic mass is 32.1. The zero-order valence-corrected chi connectivity index (χ0v) is 17.3. The maximum absolute atomic E-state index is 13.2. The second-order valence-corrected chi connectivity index (χ2v) is 8.27. The Labute approximate surface area is 168 Å². The largest absolute Gasteiger partial charge is 0.367 e. The van der Waals surface area contributed by atoms with E-state index >= 15 is 0 Å². The lowest BCUT2D eigenvalue weighted by Gasteiger charge is -2.31. The summed E-state index contributed by atoms with van der Waals surface area (Å²) in [6, 6.07) is -0.245. The van der Waals surface area contributed by atoms with E-state index in [1.54, 1.807) is 16.8 Å².